The van der Waals surface area contributed by atoms with Crippen molar-refractivity contribution >= 4 is 17.7 Å². The summed E-state index contributed by atoms with van der Waals surface area (Å²) in [4.78, 5) is 22.3. The third kappa shape index (κ3) is 6.66. The van der Waals surface area contributed by atoms with E-state index in [1.807, 2.05) is 0 Å². The van der Waals surface area contributed by atoms with Crippen LogP contribution in [0.4, 0.5) is 10.5 Å². The Bertz CT molecular complexity index is 621. The smallest absolute Gasteiger partial charge is 0.407 e. The summed E-state index contributed by atoms with van der Waals surface area (Å²) in [5.41, 5.74) is 6.04. The van der Waals surface area contributed by atoms with Gasteiger partial charge in [0.15, 0.2) is 0 Å². The number of benzene rings is 1. The zero-order valence-corrected chi connectivity index (χ0v) is 12.9. The highest BCUT2D eigenvalue weighted by Crippen LogP contribution is 2.11. The van der Waals surface area contributed by atoms with Crippen LogP contribution in [0.5, 0.6) is 0 Å². The van der Waals surface area contributed by atoms with Crippen molar-refractivity contribution in [2.45, 2.75) is 32.8 Å². The van der Waals surface area contributed by atoms with Gasteiger partial charge >= 0.3 is 12.1 Å². The maximum Gasteiger partial charge on any atom is 0.407 e. The van der Waals surface area contributed by atoms with E-state index >= 15 is 0 Å². The van der Waals surface area contributed by atoms with E-state index in [9.17, 15) is 9.59 Å². The van der Waals surface area contributed by atoms with Crippen LogP contribution in [0, 0.1) is 11.8 Å². The molecule has 0 aliphatic rings. The Morgan fingerprint density at radius 1 is 1.32 bits per heavy atom. The van der Waals surface area contributed by atoms with Crippen LogP contribution in [0.1, 0.15) is 43.1 Å². The largest absolute Gasteiger partial charge is 0.478 e. The number of nitrogen functional groups attached to an aromatic ring is 1. The van der Waals surface area contributed by atoms with Crippen molar-refractivity contribution in [1.29, 1.82) is 0 Å². The van der Waals surface area contributed by atoms with Gasteiger partial charge in [0, 0.05) is 24.2 Å². The average molecular weight is 304 g/mol. The van der Waals surface area contributed by atoms with Gasteiger partial charge in [-0.2, -0.15) is 0 Å². The minimum atomic E-state index is -1.05. The fraction of sp³-hybridized carbons (Fsp3) is 0.375. The third-order valence-electron chi connectivity index (χ3n) is 2.35. The Morgan fingerprint density at radius 3 is 2.59 bits per heavy atom. The zero-order valence-electron chi connectivity index (χ0n) is 12.9. The summed E-state index contributed by atoms with van der Waals surface area (Å²) in [6, 6.07) is 4.42. The molecule has 1 rings (SSSR count). The number of carboxylic acid groups (broad SMARTS) is 1. The molecule has 0 radical (unpaired) electrons. The fourth-order valence-electron chi connectivity index (χ4n) is 1.55. The predicted octanol–water partition coefficient (Wildman–Crippen LogP) is 2.23. The van der Waals surface area contributed by atoms with Gasteiger partial charge in [-0.15, -0.1) is 0 Å². The van der Waals surface area contributed by atoms with Gasteiger partial charge < -0.3 is 20.9 Å². The monoisotopic (exact) mass is 304 g/mol. The van der Waals surface area contributed by atoms with Crippen LogP contribution in [0.25, 0.3) is 0 Å². The Labute approximate surface area is 129 Å². The summed E-state index contributed by atoms with van der Waals surface area (Å²) in [7, 11) is 0. The number of nitrogens with two attached hydrogens (primary N) is 1. The van der Waals surface area contributed by atoms with E-state index in [1.165, 1.54) is 12.1 Å². The molecule has 0 saturated heterocycles. The number of carboxylic acids is 1. The molecular formula is C16H20N2O4. The van der Waals surface area contributed by atoms with Gasteiger partial charge in [-0.25, -0.2) is 9.59 Å². The first-order valence-corrected chi connectivity index (χ1v) is 6.77. The van der Waals surface area contributed by atoms with Gasteiger partial charge in [-0.1, -0.05) is 11.8 Å². The molecule has 0 bridgehead atoms. The number of alkyl carbamates (subject to hydrolysis) is 1. The van der Waals surface area contributed by atoms with E-state index in [0.29, 0.717) is 24.2 Å². The van der Waals surface area contributed by atoms with Crippen molar-refractivity contribution in [3.05, 3.63) is 29.3 Å². The van der Waals surface area contributed by atoms with Crippen molar-refractivity contribution in [2.24, 2.45) is 0 Å². The second kappa shape index (κ2) is 7.36. The van der Waals surface area contributed by atoms with Crippen LogP contribution in [-0.2, 0) is 4.74 Å². The molecule has 0 spiro atoms. The van der Waals surface area contributed by atoms with Gasteiger partial charge in [-0.05, 0) is 39.0 Å². The van der Waals surface area contributed by atoms with Crippen molar-refractivity contribution in [3.63, 3.8) is 0 Å². The average Bonchev–Trinajstić information content (AvgIpc) is 2.35. The van der Waals surface area contributed by atoms with E-state index in [-0.39, 0.29) is 5.56 Å². The topological polar surface area (TPSA) is 102 Å². The first kappa shape index (κ1) is 17.4. The number of ether oxygens (including phenoxy) is 1. The van der Waals surface area contributed by atoms with Crippen LogP contribution >= 0.6 is 0 Å². The normalized spacial score (nSPS) is 10.3. The highest BCUT2D eigenvalue weighted by molar-refractivity contribution is 5.89. The van der Waals surface area contributed by atoms with E-state index in [1.54, 1.807) is 26.8 Å². The second-order valence-corrected chi connectivity index (χ2v) is 5.63. The summed E-state index contributed by atoms with van der Waals surface area (Å²) < 4.78 is 5.08. The molecule has 4 N–H and O–H groups in total. The Morgan fingerprint density at radius 2 is 2.00 bits per heavy atom. The van der Waals surface area contributed by atoms with Crippen LogP contribution in [0.3, 0.4) is 0 Å². The van der Waals surface area contributed by atoms with Crippen molar-refractivity contribution in [3.8, 4) is 11.8 Å². The minimum Gasteiger partial charge on any atom is -0.478 e. The molecule has 0 saturated carbocycles. The second-order valence-electron chi connectivity index (χ2n) is 5.63. The maximum absolute atomic E-state index is 11.4. The number of anilines is 1. The lowest BCUT2D eigenvalue weighted by molar-refractivity contribution is 0.0528. The molecule has 0 aliphatic carbocycles. The lowest BCUT2D eigenvalue weighted by Gasteiger charge is -2.19. The van der Waals surface area contributed by atoms with Gasteiger partial charge in [-0.3, -0.25) is 0 Å². The number of hydrogen-bond donors (Lipinski definition) is 3. The molecular weight excluding hydrogens is 284 g/mol. The fourth-order valence-corrected chi connectivity index (χ4v) is 1.55. The highest BCUT2D eigenvalue weighted by Gasteiger charge is 2.15. The van der Waals surface area contributed by atoms with Gasteiger partial charge in [0.2, 0.25) is 0 Å². The number of carbonyl (C=O) groups excluding carboxylic acids is 1. The molecule has 1 amide bonds. The number of nitrogens with one attached hydrogen (secondary N) is 1. The van der Waals surface area contributed by atoms with E-state index in [4.69, 9.17) is 15.6 Å². The molecule has 1 aromatic carbocycles. The molecule has 0 atom stereocenters. The van der Waals surface area contributed by atoms with Gasteiger partial charge in [0.1, 0.15) is 5.60 Å². The Kier molecular flexibility index (Phi) is 5.81. The summed E-state index contributed by atoms with van der Waals surface area (Å²) >= 11 is 0. The first-order chi connectivity index (χ1) is 10.2. The van der Waals surface area contributed by atoms with Crippen LogP contribution < -0.4 is 11.1 Å². The van der Waals surface area contributed by atoms with Gasteiger partial charge in [0.05, 0.1) is 5.56 Å². The van der Waals surface area contributed by atoms with Gasteiger partial charge in [0.25, 0.3) is 0 Å². The molecule has 0 heterocycles. The number of hydrogen-bond acceptors (Lipinski definition) is 4. The summed E-state index contributed by atoms with van der Waals surface area (Å²) in [6.07, 6.45) is -0.0809. The third-order valence-corrected chi connectivity index (χ3v) is 2.35. The molecule has 6 heteroatoms. The van der Waals surface area contributed by atoms with Crippen molar-refractivity contribution < 1.29 is 19.4 Å². The number of rotatable bonds is 3. The molecule has 0 aromatic heterocycles. The Balaban J connectivity index is 2.52. The lowest BCUT2D eigenvalue weighted by Crippen LogP contribution is -2.32. The molecule has 1 aromatic rings. The van der Waals surface area contributed by atoms with E-state index < -0.39 is 17.7 Å². The highest BCUT2D eigenvalue weighted by atomic mass is 16.6. The summed E-state index contributed by atoms with van der Waals surface area (Å²) in [5.74, 6) is 4.61. The Hall–Kier alpha value is -2.68. The molecule has 22 heavy (non-hydrogen) atoms. The van der Waals surface area contributed by atoms with Crippen molar-refractivity contribution in [1.82, 2.24) is 5.32 Å². The molecule has 118 valence electrons. The minimum absolute atomic E-state index is 0.0937. The van der Waals surface area contributed by atoms with Crippen LogP contribution in [0.15, 0.2) is 18.2 Å². The van der Waals surface area contributed by atoms with E-state index in [0.717, 1.165) is 0 Å². The molecule has 0 unspecified atom stereocenters. The standard InChI is InChI=1S/C16H20N2O4/c1-16(2,3)22-15(21)18-7-5-4-6-11-8-12(14(19)20)10-13(17)9-11/h8-10H,5,7,17H2,1-3H3,(H,18,21)(H,19,20). The SMILES string of the molecule is CC(C)(C)OC(=O)NCCC#Cc1cc(N)cc(C(=O)O)c1. The zero-order chi connectivity index (χ0) is 16.8. The summed E-state index contributed by atoms with van der Waals surface area (Å²) in [6.45, 7) is 5.70. The van der Waals surface area contributed by atoms with Crippen LogP contribution in [-0.4, -0.2) is 29.3 Å². The molecule has 6 nitrogen and oxygen atoms in total. The maximum atomic E-state index is 11.4. The lowest BCUT2D eigenvalue weighted by atomic mass is 10.1. The van der Waals surface area contributed by atoms with E-state index in [2.05, 4.69) is 17.2 Å². The predicted molar refractivity (Wildman–Crippen MR) is 83.5 cm³/mol. The molecule has 0 fully saturated rings. The number of amides is 1. The summed E-state index contributed by atoms with van der Waals surface area (Å²) in [5, 5.41) is 11.5. The quantitative estimate of drug-likeness (QED) is 0.451. The van der Waals surface area contributed by atoms with Crippen molar-refractivity contribution in [2.75, 3.05) is 12.3 Å². The number of carbonyl (C=O) groups is 2. The molecule has 0 aliphatic heterocycles. The van der Waals surface area contributed by atoms with Crippen LogP contribution in [0.2, 0.25) is 0 Å². The first-order valence-electron chi connectivity index (χ1n) is 6.77. The number of aromatic carboxylic acids is 1.